The second-order valence-corrected chi connectivity index (χ2v) is 9.44. The molecule has 30 heavy (non-hydrogen) atoms. The van der Waals surface area contributed by atoms with Gasteiger partial charge in [0.25, 0.3) is 5.91 Å². The highest BCUT2D eigenvalue weighted by molar-refractivity contribution is 6.29. The van der Waals surface area contributed by atoms with Crippen molar-refractivity contribution in [1.82, 2.24) is 15.3 Å². The molecule has 2 aromatic heterocycles. The molecule has 9 heteroatoms. The molecular formula is C21H27ClN4O4. The van der Waals surface area contributed by atoms with Crippen molar-refractivity contribution < 1.29 is 19.4 Å². The predicted octanol–water partition coefficient (Wildman–Crippen LogP) is 3.13. The van der Waals surface area contributed by atoms with Crippen LogP contribution in [0.3, 0.4) is 0 Å². The topological polar surface area (TPSA) is 121 Å². The van der Waals surface area contributed by atoms with Crippen LogP contribution in [-0.2, 0) is 12.1 Å². The molecule has 1 amide bonds. The Balaban J connectivity index is 1.47. The van der Waals surface area contributed by atoms with Crippen LogP contribution < -0.4 is 10.6 Å². The maximum absolute atomic E-state index is 12.9. The van der Waals surface area contributed by atoms with Gasteiger partial charge in [0.05, 0.1) is 23.4 Å². The number of amides is 1. The fourth-order valence-corrected chi connectivity index (χ4v) is 4.44. The van der Waals surface area contributed by atoms with Crippen LogP contribution in [0.15, 0.2) is 22.9 Å². The molecule has 2 bridgehead atoms. The van der Waals surface area contributed by atoms with E-state index in [-0.39, 0.29) is 18.0 Å². The minimum atomic E-state index is -1.12. The molecule has 0 aliphatic heterocycles. The lowest BCUT2D eigenvalue weighted by atomic mass is 9.63. The van der Waals surface area contributed by atoms with Gasteiger partial charge in [-0.2, -0.15) is 0 Å². The predicted molar refractivity (Wildman–Crippen MR) is 111 cm³/mol. The van der Waals surface area contributed by atoms with Crippen LogP contribution in [0.5, 0.6) is 0 Å². The maximum atomic E-state index is 12.9. The fraction of sp³-hybridized carbons (Fsp3) is 0.571. The molecule has 0 unspecified atom stereocenters. The first kappa shape index (κ1) is 21.1. The Kier molecular flexibility index (Phi) is 5.28. The van der Waals surface area contributed by atoms with E-state index in [9.17, 15) is 15.0 Å². The number of carbonyl (C=O) groups excluding carboxylic acids is 1. The summed E-state index contributed by atoms with van der Waals surface area (Å²) in [6, 6.07) is 1.66. The Morgan fingerprint density at radius 2 is 1.93 bits per heavy atom. The Labute approximate surface area is 180 Å². The van der Waals surface area contributed by atoms with Crippen molar-refractivity contribution in [2.45, 2.75) is 75.7 Å². The summed E-state index contributed by atoms with van der Waals surface area (Å²) in [4.78, 5) is 21.1. The standard InChI is InChI=1S/C21H27ClN4O4/c1-19(2,28)15-12-30-17(25-15)11-24-18(27)13-10-23-16(22)9-14(13)26-20-3-6-21(29,7-4-20)8-5-20/h9-10,12,28-29H,3-8,11H2,1-2H3,(H,23,26)(H,24,27). The van der Waals surface area contributed by atoms with Gasteiger partial charge in [-0.25, -0.2) is 9.97 Å². The van der Waals surface area contributed by atoms with E-state index in [0.29, 0.717) is 28.0 Å². The van der Waals surface area contributed by atoms with Gasteiger partial charge in [-0.05, 0) is 58.4 Å². The molecule has 0 spiro atoms. The third-order valence-corrected chi connectivity index (χ3v) is 6.51. The van der Waals surface area contributed by atoms with Crippen LogP contribution in [0, 0.1) is 0 Å². The molecule has 0 aromatic carbocycles. The zero-order valence-electron chi connectivity index (χ0n) is 17.2. The molecule has 8 nitrogen and oxygen atoms in total. The number of hydrogen-bond donors (Lipinski definition) is 4. The minimum Gasteiger partial charge on any atom is -0.447 e. The first-order valence-corrected chi connectivity index (χ1v) is 10.6. The zero-order valence-corrected chi connectivity index (χ0v) is 17.9. The zero-order chi connectivity index (χ0) is 21.6. The van der Waals surface area contributed by atoms with Gasteiger partial charge in [-0.15, -0.1) is 0 Å². The first-order valence-electron chi connectivity index (χ1n) is 10.2. The summed E-state index contributed by atoms with van der Waals surface area (Å²) in [7, 11) is 0. The number of nitrogens with one attached hydrogen (secondary N) is 2. The highest BCUT2D eigenvalue weighted by atomic mass is 35.5. The number of anilines is 1. The van der Waals surface area contributed by atoms with E-state index in [1.165, 1.54) is 12.5 Å². The van der Waals surface area contributed by atoms with Gasteiger partial charge in [0.2, 0.25) is 5.89 Å². The number of halogens is 1. The average molecular weight is 435 g/mol. The van der Waals surface area contributed by atoms with Crippen LogP contribution in [0.1, 0.15) is 74.3 Å². The number of nitrogens with zero attached hydrogens (tertiary/aromatic N) is 2. The maximum Gasteiger partial charge on any atom is 0.255 e. The molecule has 0 saturated heterocycles. The quantitative estimate of drug-likeness (QED) is 0.515. The van der Waals surface area contributed by atoms with Gasteiger partial charge in [0.1, 0.15) is 22.7 Å². The van der Waals surface area contributed by atoms with E-state index in [4.69, 9.17) is 16.0 Å². The Morgan fingerprint density at radius 3 is 2.53 bits per heavy atom. The summed E-state index contributed by atoms with van der Waals surface area (Å²) >= 11 is 6.11. The van der Waals surface area contributed by atoms with Crippen LogP contribution in [0.4, 0.5) is 5.69 Å². The number of pyridine rings is 1. The van der Waals surface area contributed by atoms with Crippen molar-refractivity contribution in [2.75, 3.05) is 5.32 Å². The molecule has 4 N–H and O–H groups in total. The van der Waals surface area contributed by atoms with Crippen molar-refractivity contribution in [2.24, 2.45) is 0 Å². The lowest BCUT2D eigenvalue weighted by molar-refractivity contribution is -0.0580. The average Bonchev–Trinajstić information content (AvgIpc) is 3.17. The summed E-state index contributed by atoms with van der Waals surface area (Å²) in [5.41, 5.74) is -0.379. The van der Waals surface area contributed by atoms with Gasteiger partial charge in [0, 0.05) is 11.7 Å². The highest BCUT2D eigenvalue weighted by Crippen LogP contribution is 2.48. The number of carbonyl (C=O) groups is 1. The van der Waals surface area contributed by atoms with Crippen molar-refractivity contribution >= 4 is 23.2 Å². The van der Waals surface area contributed by atoms with Crippen molar-refractivity contribution in [3.8, 4) is 0 Å². The van der Waals surface area contributed by atoms with E-state index in [1.807, 2.05) is 0 Å². The number of rotatable bonds is 6. The summed E-state index contributed by atoms with van der Waals surface area (Å²) in [5, 5.41) is 27.1. The summed E-state index contributed by atoms with van der Waals surface area (Å²) in [6.45, 7) is 3.30. The highest BCUT2D eigenvalue weighted by Gasteiger charge is 2.47. The second kappa shape index (κ2) is 7.51. The first-order chi connectivity index (χ1) is 14.1. The van der Waals surface area contributed by atoms with Gasteiger partial charge in [-0.1, -0.05) is 11.6 Å². The normalized spacial score (nSPS) is 25.9. The van der Waals surface area contributed by atoms with E-state index in [2.05, 4.69) is 20.6 Å². The molecule has 3 saturated carbocycles. The third kappa shape index (κ3) is 4.31. The van der Waals surface area contributed by atoms with Crippen LogP contribution >= 0.6 is 11.6 Å². The molecule has 5 rings (SSSR count). The van der Waals surface area contributed by atoms with Gasteiger partial charge < -0.3 is 25.3 Å². The van der Waals surface area contributed by atoms with E-state index in [1.54, 1.807) is 19.9 Å². The Hall–Kier alpha value is -2.16. The molecule has 2 aromatic rings. The SMILES string of the molecule is CC(C)(O)c1coc(CNC(=O)c2cnc(Cl)cc2NC23CCC(O)(CC2)CC3)n1. The minimum absolute atomic E-state index is 0.0785. The van der Waals surface area contributed by atoms with E-state index < -0.39 is 11.2 Å². The lowest BCUT2D eigenvalue weighted by Crippen LogP contribution is -2.54. The van der Waals surface area contributed by atoms with Crippen LogP contribution in [0.2, 0.25) is 5.15 Å². The molecule has 0 atom stereocenters. The number of hydrogen-bond acceptors (Lipinski definition) is 7. The molecule has 3 fully saturated rings. The molecule has 3 aliphatic rings. The van der Waals surface area contributed by atoms with E-state index in [0.717, 1.165) is 38.5 Å². The molecule has 2 heterocycles. The Bertz CT molecular complexity index is 928. The molecule has 0 radical (unpaired) electrons. The van der Waals surface area contributed by atoms with Crippen LogP contribution in [-0.4, -0.2) is 37.2 Å². The monoisotopic (exact) mass is 434 g/mol. The number of aliphatic hydroxyl groups is 2. The Morgan fingerprint density at radius 1 is 1.27 bits per heavy atom. The molecular weight excluding hydrogens is 408 g/mol. The van der Waals surface area contributed by atoms with Crippen molar-refractivity contribution in [3.05, 3.63) is 40.8 Å². The largest absolute Gasteiger partial charge is 0.447 e. The van der Waals surface area contributed by atoms with Gasteiger partial charge in [-0.3, -0.25) is 4.79 Å². The van der Waals surface area contributed by atoms with Crippen LogP contribution in [0.25, 0.3) is 0 Å². The summed E-state index contributed by atoms with van der Waals surface area (Å²) < 4.78 is 5.33. The van der Waals surface area contributed by atoms with Crippen molar-refractivity contribution in [3.63, 3.8) is 0 Å². The van der Waals surface area contributed by atoms with Crippen molar-refractivity contribution in [1.29, 1.82) is 0 Å². The van der Waals surface area contributed by atoms with Gasteiger partial charge >= 0.3 is 0 Å². The third-order valence-electron chi connectivity index (χ3n) is 6.30. The summed E-state index contributed by atoms with van der Waals surface area (Å²) in [6.07, 6.45) is 7.65. The molecule has 3 aliphatic carbocycles. The number of fused-ring (bicyclic) bond motifs is 3. The lowest BCUT2D eigenvalue weighted by Gasteiger charge is -2.51. The molecule has 162 valence electrons. The van der Waals surface area contributed by atoms with Gasteiger partial charge in [0.15, 0.2) is 0 Å². The smallest absolute Gasteiger partial charge is 0.255 e. The fourth-order valence-electron chi connectivity index (χ4n) is 4.28. The number of oxazole rings is 1. The van der Waals surface area contributed by atoms with E-state index >= 15 is 0 Å². The summed E-state index contributed by atoms with van der Waals surface area (Å²) in [5.74, 6) is -0.0291. The second-order valence-electron chi connectivity index (χ2n) is 9.05. The number of aromatic nitrogens is 2.